The Morgan fingerprint density at radius 1 is 1.00 bits per heavy atom. The maximum absolute atomic E-state index is 12.1. The maximum Gasteiger partial charge on any atom is 0.260 e. The maximum atomic E-state index is 12.1. The summed E-state index contributed by atoms with van der Waals surface area (Å²) >= 11 is 0. The summed E-state index contributed by atoms with van der Waals surface area (Å²) in [5.74, 6) is 1.74. The molecule has 8 nitrogen and oxygen atoms in total. The average Bonchev–Trinajstić information content (AvgIpc) is 2.73. The molecule has 0 bridgehead atoms. The molecule has 2 heterocycles. The van der Waals surface area contributed by atoms with E-state index in [0.717, 1.165) is 5.69 Å². The van der Waals surface area contributed by atoms with Crippen molar-refractivity contribution in [3.05, 3.63) is 67.0 Å². The van der Waals surface area contributed by atoms with Crippen LogP contribution in [-0.2, 0) is 4.79 Å². The van der Waals surface area contributed by atoms with Gasteiger partial charge in [-0.1, -0.05) is 18.2 Å². The topological polar surface area (TPSA) is 101 Å². The lowest BCUT2D eigenvalue weighted by atomic mass is 10.3. The first-order chi connectivity index (χ1) is 13.7. The summed E-state index contributed by atoms with van der Waals surface area (Å²) in [7, 11) is 0. The molecule has 2 aromatic heterocycles. The summed E-state index contributed by atoms with van der Waals surface area (Å²) in [4.78, 5) is 16.1. The van der Waals surface area contributed by atoms with Crippen LogP contribution in [0.3, 0.4) is 0 Å². The molecule has 0 spiro atoms. The van der Waals surface area contributed by atoms with Gasteiger partial charge in [0.1, 0.15) is 11.6 Å². The number of nitrogens with one attached hydrogen (secondary N) is 3. The first kappa shape index (κ1) is 19.1. The van der Waals surface area contributed by atoms with Gasteiger partial charge in [0.05, 0.1) is 11.9 Å². The minimum atomic E-state index is -0.569. The molecule has 0 aliphatic rings. The van der Waals surface area contributed by atoms with Crippen LogP contribution in [0.2, 0.25) is 0 Å². The van der Waals surface area contributed by atoms with Crippen molar-refractivity contribution < 1.29 is 9.53 Å². The van der Waals surface area contributed by atoms with E-state index >= 15 is 0 Å². The molecule has 144 valence electrons. The van der Waals surface area contributed by atoms with Crippen molar-refractivity contribution in [3.63, 3.8) is 0 Å². The molecule has 0 saturated heterocycles. The Kier molecular flexibility index (Phi) is 6.73. The number of aromatic nitrogens is 3. The van der Waals surface area contributed by atoms with Crippen LogP contribution in [-0.4, -0.2) is 40.3 Å². The summed E-state index contributed by atoms with van der Waals surface area (Å²) in [5.41, 5.74) is 0.840. The molecule has 28 heavy (non-hydrogen) atoms. The highest BCUT2D eigenvalue weighted by Gasteiger charge is 2.13. The molecule has 0 radical (unpaired) electrons. The minimum Gasteiger partial charge on any atom is -0.481 e. The van der Waals surface area contributed by atoms with Gasteiger partial charge in [-0.05, 0) is 43.3 Å². The van der Waals surface area contributed by atoms with Gasteiger partial charge in [-0.3, -0.25) is 9.78 Å². The standard InChI is InChI=1S/C20H22N6O2/c1-15(28-17-7-3-2-4-8-17)20(27)23-13-12-22-18-9-10-19(26-25-18)24-16-6-5-11-21-14-16/h2-11,14-15H,12-13H2,1H3,(H,22,25)(H,23,27)(H,24,26). The van der Waals surface area contributed by atoms with E-state index in [1.165, 1.54) is 0 Å². The van der Waals surface area contributed by atoms with Gasteiger partial charge >= 0.3 is 0 Å². The van der Waals surface area contributed by atoms with Crippen LogP contribution in [0.25, 0.3) is 0 Å². The third-order valence-corrected chi connectivity index (χ3v) is 3.75. The molecular weight excluding hydrogens is 356 g/mol. The third kappa shape index (κ3) is 5.94. The normalized spacial score (nSPS) is 11.3. The number of pyridine rings is 1. The highest BCUT2D eigenvalue weighted by atomic mass is 16.5. The average molecular weight is 378 g/mol. The lowest BCUT2D eigenvalue weighted by Gasteiger charge is -2.14. The second-order valence-electron chi connectivity index (χ2n) is 5.96. The molecule has 0 aliphatic heterocycles. The van der Waals surface area contributed by atoms with E-state index < -0.39 is 6.10 Å². The molecule has 1 amide bonds. The number of carbonyl (C=O) groups is 1. The van der Waals surface area contributed by atoms with Crippen LogP contribution in [0, 0.1) is 0 Å². The van der Waals surface area contributed by atoms with Crippen LogP contribution in [0.5, 0.6) is 5.75 Å². The number of rotatable bonds is 9. The van der Waals surface area contributed by atoms with Gasteiger partial charge in [-0.15, -0.1) is 10.2 Å². The molecule has 0 fully saturated rings. The van der Waals surface area contributed by atoms with Gasteiger partial charge < -0.3 is 20.7 Å². The lowest BCUT2D eigenvalue weighted by molar-refractivity contribution is -0.127. The van der Waals surface area contributed by atoms with Crippen LogP contribution < -0.4 is 20.7 Å². The van der Waals surface area contributed by atoms with Crippen molar-refractivity contribution in [2.75, 3.05) is 23.7 Å². The smallest absolute Gasteiger partial charge is 0.260 e. The third-order valence-electron chi connectivity index (χ3n) is 3.75. The number of benzene rings is 1. The summed E-state index contributed by atoms with van der Waals surface area (Å²) in [6.45, 7) is 2.68. The molecule has 1 unspecified atom stereocenters. The predicted molar refractivity (Wildman–Crippen MR) is 108 cm³/mol. The quantitative estimate of drug-likeness (QED) is 0.492. The van der Waals surface area contributed by atoms with E-state index in [4.69, 9.17) is 4.74 Å². The van der Waals surface area contributed by atoms with Gasteiger partial charge in [0.25, 0.3) is 5.91 Å². The molecule has 3 aromatic rings. The number of nitrogens with zero attached hydrogens (tertiary/aromatic N) is 3. The van der Waals surface area contributed by atoms with Gasteiger partial charge in [-0.2, -0.15) is 0 Å². The zero-order valence-electron chi connectivity index (χ0n) is 15.5. The predicted octanol–water partition coefficient (Wildman–Crippen LogP) is 2.61. The van der Waals surface area contributed by atoms with E-state index in [-0.39, 0.29) is 5.91 Å². The SMILES string of the molecule is CC(Oc1ccccc1)C(=O)NCCNc1ccc(Nc2cccnc2)nn1. The van der Waals surface area contributed by atoms with Gasteiger partial charge in [0.2, 0.25) is 0 Å². The number of anilines is 3. The Morgan fingerprint density at radius 2 is 1.79 bits per heavy atom. The van der Waals surface area contributed by atoms with E-state index in [1.54, 1.807) is 19.3 Å². The Morgan fingerprint density at radius 3 is 2.50 bits per heavy atom. The highest BCUT2D eigenvalue weighted by molar-refractivity contribution is 5.80. The number of hydrogen-bond acceptors (Lipinski definition) is 7. The van der Waals surface area contributed by atoms with Crippen LogP contribution in [0.15, 0.2) is 67.0 Å². The molecule has 0 saturated carbocycles. The second kappa shape index (κ2) is 9.86. The number of carbonyl (C=O) groups excluding carboxylic acids is 1. The van der Waals surface area contributed by atoms with Gasteiger partial charge in [-0.25, -0.2) is 0 Å². The summed E-state index contributed by atoms with van der Waals surface area (Å²) < 4.78 is 5.59. The Labute approximate surface area is 163 Å². The molecule has 0 aliphatic carbocycles. The fraction of sp³-hybridized carbons (Fsp3) is 0.200. The largest absolute Gasteiger partial charge is 0.481 e. The zero-order chi connectivity index (χ0) is 19.6. The van der Waals surface area contributed by atoms with Crippen LogP contribution in [0.1, 0.15) is 6.92 Å². The summed E-state index contributed by atoms with van der Waals surface area (Å²) in [6, 6.07) is 16.6. The van der Waals surface area contributed by atoms with E-state index in [1.807, 2.05) is 54.6 Å². The van der Waals surface area contributed by atoms with E-state index in [9.17, 15) is 4.79 Å². The first-order valence-electron chi connectivity index (χ1n) is 8.95. The van der Waals surface area contributed by atoms with Gasteiger partial charge in [0.15, 0.2) is 11.9 Å². The number of ether oxygens (including phenoxy) is 1. The highest BCUT2D eigenvalue weighted by Crippen LogP contribution is 2.13. The van der Waals surface area contributed by atoms with Crippen molar-refractivity contribution in [2.24, 2.45) is 0 Å². The van der Waals surface area contributed by atoms with Crippen molar-refractivity contribution in [1.82, 2.24) is 20.5 Å². The zero-order valence-corrected chi connectivity index (χ0v) is 15.5. The molecule has 3 rings (SSSR count). The van der Waals surface area contributed by atoms with Crippen LogP contribution >= 0.6 is 0 Å². The van der Waals surface area contributed by atoms with Crippen molar-refractivity contribution >= 4 is 23.2 Å². The second-order valence-corrected chi connectivity index (χ2v) is 5.96. The van der Waals surface area contributed by atoms with Crippen molar-refractivity contribution in [2.45, 2.75) is 13.0 Å². The molecule has 1 atom stereocenters. The van der Waals surface area contributed by atoms with Crippen LogP contribution in [0.4, 0.5) is 17.3 Å². The summed E-state index contributed by atoms with van der Waals surface area (Å²) in [6.07, 6.45) is 2.84. The molecule has 8 heteroatoms. The monoisotopic (exact) mass is 378 g/mol. The number of para-hydroxylation sites is 1. The van der Waals surface area contributed by atoms with E-state index in [2.05, 4.69) is 31.1 Å². The summed E-state index contributed by atoms with van der Waals surface area (Å²) in [5, 5.41) is 17.2. The number of hydrogen-bond donors (Lipinski definition) is 3. The molecule has 3 N–H and O–H groups in total. The molecule has 1 aromatic carbocycles. The molecular formula is C20H22N6O2. The fourth-order valence-electron chi connectivity index (χ4n) is 2.35. The fourth-order valence-corrected chi connectivity index (χ4v) is 2.35. The Bertz CT molecular complexity index is 859. The Hall–Kier alpha value is -3.68. The Balaban J connectivity index is 1.37. The number of amides is 1. The van der Waals surface area contributed by atoms with Gasteiger partial charge in [0, 0.05) is 19.3 Å². The first-order valence-corrected chi connectivity index (χ1v) is 8.95. The minimum absolute atomic E-state index is 0.173. The van der Waals surface area contributed by atoms with Crippen molar-refractivity contribution in [3.8, 4) is 5.75 Å². The lowest BCUT2D eigenvalue weighted by Crippen LogP contribution is -2.38. The van der Waals surface area contributed by atoms with Crippen molar-refractivity contribution in [1.29, 1.82) is 0 Å². The van der Waals surface area contributed by atoms with E-state index in [0.29, 0.717) is 30.5 Å².